The van der Waals surface area contributed by atoms with Crippen LogP contribution in [-0.2, 0) is 0 Å². The van der Waals surface area contributed by atoms with Crippen molar-refractivity contribution in [2.75, 3.05) is 24.2 Å². The van der Waals surface area contributed by atoms with Crippen LogP contribution in [0.2, 0.25) is 0 Å². The molecule has 26 heavy (non-hydrogen) atoms. The van der Waals surface area contributed by atoms with E-state index in [1.165, 1.54) is 10.7 Å². The Labute approximate surface area is 150 Å². The molecule has 136 valence electrons. The molecule has 2 aliphatic rings. The molecule has 1 aliphatic carbocycles. The first kappa shape index (κ1) is 16.4. The fraction of sp³-hybridized carbons (Fsp3) is 0.353. The number of nitrogens with one attached hydrogen (secondary N) is 2. The van der Waals surface area contributed by atoms with Crippen molar-refractivity contribution in [2.45, 2.75) is 25.0 Å². The fourth-order valence-corrected chi connectivity index (χ4v) is 3.28. The summed E-state index contributed by atoms with van der Waals surface area (Å²) >= 11 is 0. The predicted octanol–water partition coefficient (Wildman–Crippen LogP) is 0.518. The van der Waals surface area contributed by atoms with Gasteiger partial charge in [-0.1, -0.05) is 0 Å². The molecule has 2 atom stereocenters. The third-order valence-electron chi connectivity index (χ3n) is 4.84. The van der Waals surface area contributed by atoms with E-state index >= 15 is 0 Å². The fourth-order valence-electron chi connectivity index (χ4n) is 3.28. The van der Waals surface area contributed by atoms with E-state index in [2.05, 4.69) is 25.6 Å². The molecule has 0 spiro atoms. The maximum atomic E-state index is 11.6. The Bertz CT molecular complexity index is 917. The molecule has 1 saturated carbocycles. The van der Waals surface area contributed by atoms with E-state index in [0.29, 0.717) is 23.8 Å². The second-order valence-electron chi connectivity index (χ2n) is 6.48. The summed E-state index contributed by atoms with van der Waals surface area (Å²) in [4.78, 5) is 18.2. The average Bonchev–Trinajstić information content (AvgIpc) is 3.04. The first-order chi connectivity index (χ1) is 12.6. The Morgan fingerprint density at radius 2 is 2.27 bits per heavy atom. The van der Waals surface area contributed by atoms with Crippen LogP contribution in [0.3, 0.4) is 0 Å². The molecule has 1 aliphatic heterocycles. The van der Waals surface area contributed by atoms with Gasteiger partial charge in [0.25, 0.3) is 5.91 Å². The van der Waals surface area contributed by atoms with Crippen LogP contribution < -0.4 is 16.4 Å². The topological polar surface area (TPSA) is 121 Å². The number of rotatable bonds is 5. The molecule has 9 heteroatoms. The maximum Gasteiger partial charge on any atom is 0.254 e. The smallest absolute Gasteiger partial charge is 0.254 e. The van der Waals surface area contributed by atoms with Gasteiger partial charge in [0.15, 0.2) is 5.65 Å². The normalized spacial score (nSPS) is 22.1. The zero-order chi connectivity index (χ0) is 18.3. The number of amides is 1. The number of aromatic nitrogens is 3. The predicted molar refractivity (Wildman–Crippen MR) is 97.6 cm³/mol. The van der Waals surface area contributed by atoms with Crippen molar-refractivity contribution in [1.29, 1.82) is 0 Å². The van der Waals surface area contributed by atoms with E-state index in [1.54, 1.807) is 7.05 Å². The number of aliphatic hydroxyl groups excluding tert-OH is 1. The van der Waals surface area contributed by atoms with Gasteiger partial charge >= 0.3 is 0 Å². The highest BCUT2D eigenvalue weighted by molar-refractivity contribution is 5.98. The van der Waals surface area contributed by atoms with Crippen molar-refractivity contribution in [3.63, 3.8) is 0 Å². The average molecular weight is 355 g/mol. The number of hydrogen-bond acceptors (Lipinski definition) is 7. The van der Waals surface area contributed by atoms with Crippen LogP contribution in [0, 0.1) is 0 Å². The van der Waals surface area contributed by atoms with Gasteiger partial charge in [0.1, 0.15) is 17.2 Å². The van der Waals surface area contributed by atoms with E-state index < -0.39 is 5.91 Å². The molecule has 0 bridgehead atoms. The summed E-state index contributed by atoms with van der Waals surface area (Å²) in [6, 6.07) is 1.98. The van der Waals surface area contributed by atoms with Crippen LogP contribution in [-0.4, -0.2) is 56.2 Å². The number of anilines is 2. The highest BCUT2D eigenvalue weighted by Gasteiger charge is 2.33. The molecule has 1 fully saturated rings. The number of fused-ring (bicyclic) bond motifs is 1. The van der Waals surface area contributed by atoms with Crippen LogP contribution in [0.1, 0.15) is 23.2 Å². The number of nitrogens with two attached hydrogens (primary N) is 1. The molecule has 0 radical (unpaired) electrons. The van der Waals surface area contributed by atoms with Gasteiger partial charge in [-0.25, -0.2) is 4.98 Å². The lowest BCUT2D eigenvalue weighted by Crippen LogP contribution is -2.49. The molecule has 3 heterocycles. The molecular weight excluding hydrogens is 334 g/mol. The Morgan fingerprint density at radius 3 is 2.92 bits per heavy atom. The van der Waals surface area contributed by atoms with Crippen LogP contribution >= 0.6 is 0 Å². The zero-order valence-electron chi connectivity index (χ0n) is 14.4. The SMILES string of the molecule is CNc1cc(NC2=CC=CN([C@H]3CC[C@H]3O)C2)nc2c(C(N)=O)cnn12. The molecule has 2 aromatic heterocycles. The Hall–Kier alpha value is -3.07. The number of nitrogens with zero attached hydrogens (tertiary/aromatic N) is 4. The zero-order valence-corrected chi connectivity index (χ0v) is 14.4. The van der Waals surface area contributed by atoms with Crippen molar-refractivity contribution in [3.05, 3.63) is 41.9 Å². The quantitative estimate of drug-likeness (QED) is 0.617. The highest BCUT2D eigenvalue weighted by Crippen LogP contribution is 2.28. The molecular formula is C17H21N7O2. The van der Waals surface area contributed by atoms with E-state index in [0.717, 1.165) is 18.5 Å². The minimum atomic E-state index is -0.573. The van der Waals surface area contributed by atoms with Crippen molar-refractivity contribution >= 4 is 23.2 Å². The van der Waals surface area contributed by atoms with Gasteiger partial charge in [-0.3, -0.25) is 4.79 Å². The van der Waals surface area contributed by atoms with Gasteiger partial charge < -0.3 is 26.4 Å². The first-order valence-electron chi connectivity index (χ1n) is 8.51. The minimum Gasteiger partial charge on any atom is -0.391 e. The lowest BCUT2D eigenvalue weighted by atomic mass is 9.87. The maximum absolute atomic E-state index is 11.6. The summed E-state index contributed by atoms with van der Waals surface area (Å²) in [7, 11) is 1.77. The number of carbonyl (C=O) groups is 1. The van der Waals surface area contributed by atoms with Gasteiger partial charge in [-0.15, -0.1) is 0 Å². The number of hydrogen-bond donors (Lipinski definition) is 4. The summed E-state index contributed by atoms with van der Waals surface area (Å²) in [5.41, 5.74) is 7.02. The summed E-state index contributed by atoms with van der Waals surface area (Å²) in [6.07, 6.45) is 8.90. The van der Waals surface area contributed by atoms with Crippen LogP contribution in [0.4, 0.5) is 11.6 Å². The summed E-state index contributed by atoms with van der Waals surface area (Å²) in [5.74, 6) is 0.695. The highest BCUT2D eigenvalue weighted by atomic mass is 16.3. The molecule has 2 aromatic rings. The standard InChI is InChI=1S/C17H21N7O2/c1-19-15-7-14(22-17-11(16(18)26)8-20-24(15)17)21-10-3-2-6-23(9-10)12-4-5-13(12)25/h2-3,6-8,12-13,19,25H,4-5,9H2,1H3,(H2,18,26)(H,21,22)/t12-,13+/m0/s1. The number of allylic oxidation sites excluding steroid dienone is 2. The monoisotopic (exact) mass is 355 g/mol. The number of carbonyl (C=O) groups excluding carboxylic acids is 1. The van der Waals surface area contributed by atoms with Crippen LogP contribution in [0.5, 0.6) is 0 Å². The van der Waals surface area contributed by atoms with Gasteiger partial charge in [-0.05, 0) is 31.2 Å². The number of primary amides is 1. The first-order valence-corrected chi connectivity index (χ1v) is 8.51. The second-order valence-corrected chi connectivity index (χ2v) is 6.48. The lowest BCUT2D eigenvalue weighted by Gasteiger charge is -2.42. The second kappa shape index (κ2) is 6.34. The van der Waals surface area contributed by atoms with E-state index in [1.807, 2.05) is 24.4 Å². The molecule has 9 nitrogen and oxygen atoms in total. The van der Waals surface area contributed by atoms with Gasteiger partial charge in [-0.2, -0.15) is 9.61 Å². The van der Waals surface area contributed by atoms with Gasteiger partial charge in [0.2, 0.25) is 0 Å². The molecule has 0 unspecified atom stereocenters. The third-order valence-corrected chi connectivity index (χ3v) is 4.84. The Kier molecular flexibility index (Phi) is 4.00. The van der Waals surface area contributed by atoms with Crippen molar-refractivity contribution in [2.24, 2.45) is 5.73 Å². The molecule has 0 aromatic carbocycles. The van der Waals surface area contributed by atoms with Gasteiger partial charge in [0, 0.05) is 18.8 Å². The molecule has 5 N–H and O–H groups in total. The van der Waals surface area contributed by atoms with Crippen LogP contribution in [0.15, 0.2) is 36.3 Å². The lowest BCUT2D eigenvalue weighted by molar-refractivity contribution is 0.00221. The Balaban J connectivity index is 1.60. The largest absolute Gasteiger partial charge is 0.391 e. The third kappa shape index (κ3) is 2.76. The van der Waals surface area contributed by atoms with Crippen LogP contribution in [0.25, 0.3) is 5.65 Å². The minimum absolute atomic E-state index is 0.163. The van der Waals surface area contributed by atoms with Gasteiger partial charge in [0.05, 0.1) is 24.9 Å². The number of aliphatic hydroxyl groups is 1. The summed E-state index contributed by atoms with van der Waals surface area (Å²) in [6.45, 7) is 0.655. The van der Waals surface area contributed by atoms with Crippen molar-refractivity contribution in [3.8, 4) is 0 Å². The van der Waals surface area contributed by atoms with Crippen molar-refractivity contribution in [1.82, 2.24) is 19.5 Å². The molecule has 0 saturated heterocycles. The Morgan fingerprint density at radius 1 is 1.42 bits per heavy atom. The molecule has 4 rings (SSSR count). The summed E-state index contributed by atoms with van der Waals surface area (Å²) in [5, 5.41) is 20.4. The summed E-state index contributed by atoms with van der Waals surface area (Å²) < 4.78 is 1.54. The molecule has 1 amide bonds. The van der Waals surface area contributed by atoms with E-state index in [-0.39, 0.29) is 17.7 Å². The van der Waals surface area contributed by atoms with E-state index in [4.69, 9.17) is 5.73 Å². The van der Waals surface area contributed by atoms with E-state index in [9.17, 15) is 9.90 Å². The van der Waals surface area contributed by atoms with Crippen molar-refractivity contribution < 1.29 is 9.90 Å².